The third-order valence-corrected chi connectivity index (χ3v) is 6.81. The van der Waals surface area contributed by atoms with Crippen LogP contribution in [0.5, 0.6) is 11.5 Å². The first-order valence-corrected chi connectivity index (χ1v) is 10.4. The Kier molecular flexibility index (Phi) is 3.89. The zero-order valence-corrected chi connectivity index (χ0v) is 18.5. The number of methoxy groups -OCH3 is 1. The van der Waals surface area contributed by atoms with Crippen LogP contribution in [0.2, 0.25) is 0 Å². The molecule has 2 aromatic rings. The quantitative estimate of drug-likeness (QED) is 0.734. The highest BCUT2D eigenvalue weighted by Gasteiger charge is 2.64. The highest BCUT2D eigenvalue weighted by atomic mass is 16.5. The standard InChI is InChI=1S/C24H23N3O5/c1-11-9-23(3,4)27-19-14(11)7-13(30-5)8-15(19)24(22(27)29)16(10-25)20(26)32-17-6-12(2)31-21(28)18(17)24/h6-8,11H,9,26H2,1-5H3/t11-,24+/m1/s1. The molecule has 1 aromatic heterocycles. The summed E-state index contributed by atoms with van der Waals surface area (Å²) in [6.45, 7) is 7.66. The summed E-state index contributed by atoms with van der Waals surface area (Å²) in [5, 5.41) is 10.2. The Bertz CT molecular complexity index is 1350. The van der Waals surface area contributed by atoms with Gasteiger partial charge in [0.1, 0.15) is 34.5 Å². The van der Waals surface area contributed by atoms with Crippen molar-refractivity contribution in [2.45, 2.75) is 51.0 Å². The fourth-order valence-electron chi connectivity index (χ4n) is 5.67. The number of nitrogens with zero attached hydrogens (tertiary/aromatic N) is 2. The predicted octanol–water partition coefficient (Wildman–Crippen LogP) is 2.96. The molecule has 0 unspecified atom stereocenters. The van der Waals surface area contributed by atoms with E-state index in [1.165, 1.54) is 13.2 Å². The van der Waals surface area contributed by atoms with Gasteiger partial charge in [0.2, 0.25) is 11.8 Å². The third kappa shape index (κ3) is 2.20. The molecule has 5 rings (SSSR count). The molecule has 2 atom stereocenters. The van der Waals surface area contributed by atoms with E-state index in [4.69, 9.17) is 19.6 Å². The lowest BCUT2D eigenvalue weighted by Gasteiger charge is -2.44. The van der Waals surface area contributed by atoms with E-state index < -0.39 is 22.5 Å². The number of nitriles is 1. The molecule has 0 saturated heterocycles. The van der Waals surface area contributed by atoms with E-state index in [2.05, 4.69) is 13.0 Å². The lowest BCUT2D eigenvalue weighted by molar-refractivity contribution is -0.122. The summed E-state index contributed by atoms with van der Waals surface area (Å²) in [7, 11) is 1.54. The van der Waals surface area contributed by atoms with Crippen LogP contribution in [0.3, 0.4) is 0 Å². The number of nitrogens with two attached hydrogens (primary N) is 1. The molecular formula is C24H23N3O5. The second-order valence-corrected chi connectivity index (χ2v) is 9.26. The number of carbonyl (C=O) groups excluding carboxylic acids is 1. The van der Waals surface area contributed by atoms with Crippen molar-refractivity contribution in [2.24, 2.45) is 5.73 Å². The molecule has 0 radical (unpaired) electrons. The fraction of sp³-hybridized carbons (Fsp3) is 0.375. The minimum atomic E-state index is -1.78. The molecule has 0 saturated carbocycles. The fourth-order valence-corrected chi connectivity index (χ4v) is 5.67. The first-order valence-electron chi connectivity index (χ1n) is 10.4. The first-order chi connectivity index (χ1) is 15.1. The van der Waals surface area contributed by atoms with E-state index in [1.54, 1.807) is 17.9 Å². The maximum absolute atomic E-state index is 14.4. The van der Waals surface area contributed by atoms with Crippen LogP contribution in [0, 0.1) is 18.3 Å². The van der Waals surface area contributed by atoms with Crippen LogP contribution in [0.15, 0.2) is 38.9 Å². The van der Waals surface area contributed by atoms with E-state index >= 15 is 0 Å². The van der Waals surface area contributed by atoms with Crippen molar-refractivity contribution < 1.29 is 18.7 Å². The van der Waals surface area contributed by atoms with Crippen molar-refractivity contribution in [1.82, 2.24) is 0 Å². The SMILES string of the molecule is COc1cc2c3c(c1)[C@]1(C(=O)N3C(C)(C)C[C@H]2C)C(C#N)=C(N)Oc2cc(C)oc(=O)c21. The molecular weight excluding hydrogens is 410 g/mol. The number of ether oxygens (including phenoxy) is 2. The maximum atomic E-state index is 14.4. The highest BCUT2D eigenvalue weighted by molar-refractivity contribution is 6.16. The van der Waals surface area contributed by atoms with Crippen LogP contribution in [0.25, 0.3) is 0 Å². The van der Waals surface area contributed by atoms with Crippen molar-refractivity contribution in [3.63, 3.8) is 0 Å². The van der Waals surface area contributed by atoms with Crippen LogP contribution in [-0.2, 0) is 10.2 Å². The van der Waals surface area contributed by atoms with Crippen LogP contribution < -0.4 is 25.7 Å². The Morgan fingerprint density at radius 3 is 2.66 bits per heavy atom. The predicted molar refractivity (Wildman–Crippen MR) is 116 cm³/mol. The molecule has 2 N–H and O–H groups in total. The highest BCUT2D eigenvalue weighted by Crippen LogP contribution is 2.60. The normalized spacial score (nSPS) is 24.7. The summed E-state index contributed by atoms with van der Waals surface area (Å²) in [5.41, 5.74) is 5.04. The largest absolute Gasteiger partial charge is 0.497 e. The number of carbonyl (C=O) groups is 1. The molecule has 0 bridgehead atoms. The molecule has 0 fully saturated rings. The zero-order chi connectivity index (χ0) is 23.2. The van der Waals surface area contributed by atoms with Crippen LogP contribution in [0.4, 0.5) is 5.69 Å². The number of rotatable bonds is 1. The van der Waals surface area contributed by atoms with Crippen LogP contribution in [0.1, 0.15) is 55.6 Å². The lowest BCUT2D eigenvalue weighted by atomic mass is 9.69. The van der Waals surface area contributed by atoms with Gasteiger partial charge in [-0.05, 0) is 50.8 Å². The first kappa shape index (κ1) is 20.2. The number of benzene rings is 1. The van der Waals surface area contributed by atoms with E-state index in [9.17, 15) is 14.9 Å². The Morgan fingerprint density at radius 1 is 1.28 bits per heavy atom. The minimum Gasteiger partial charge on any atom is -0.497 e. The van der Waals surface area contributed by atoms with Gasteiger partial charge in [-0.15, -0.1) is 0 Å². The molecule has 1 amide bonds. The van der Waals surface area contributed by atoms with E-state index in [-0.39, 0.29) is 28.7 Å². The van der Waals surface area contributed by atoms with Gasteiger partial charge < -0.3 is 24.5 Å². The van der Waals surface area contributed by atoms with E-state index in [1.807, 2.05) is 19.9 Å². The van der Waals surface area contributed by atoms with Crippen LogP contribution >= 0.6 is 0 Å². The molecule has 164 valence electrons. The van der Waals surface area contributed by atoms with Crippen molar-refractivity contribution in [2.75, 3.05) is 12.0 Å². The summed E-state index contributed by atoms with van der Waals surface area (Å²) in [5.74, 6) is 0.447. The third-order valence-electron chi connectivity index (χ3n) is 6.81. The number of aryl methyl sites for hydroxylation is 1. The van der Waals surface area contributed by atoms with Crippen molar-refractivity contribution in [3.05, 3.63) is 62.5 Å². The van der Waals surface area contributed by atoms with Gasteiger partial charge in [-0.1, -0.05) is 6.92 Å². The topological polar surface area (TPSA) is 119 Å². The Morgan fingerprint density at radius 2 is 2.00 bits per heavy atom. The van der Waals surface area contributed by atoms with E-state index in [0.29, 0.717) is 29.2 Å². The molecule has 3 aliphatic heterocycles. The molecule has 8 nitrogen and oxygen atoms in total. The molecule has 4 heterocycles. The van der Waals surface area contributed by atoms with E-state index in [0.717, 1.165) is 5.56 Å². The van der Waals surface area contributed by atoms with Gasteiger partial charge in [0.15, 0.2) is 5.41 Å². The summed E-state index contributed by atoms with van der Waals surface area (Å²) in [6, 6.07) is 7.20. The molecule has 8 heteroatoms. The second-order valence-electron chi connectivity index (χ2n) is 9.26. The second kappa shape index (κ2) is 6.16. The number of anilines is 1. The van der Waals surface area contributed by atoms with Gasteiger partial charge in [0, 0.05) is 17.2 Å². The molecule has 3 aliphatic rings. The van der Waals surface area contributed by atoms with Gasteiger partial charge in [0.05, 0.1) is 12.8 Å². The number of amides is 1. The smallest absolute Gasteiger partial charge is 0.344 e. The number of hydrogen-bond acceptors (Lipinski definition) is 7. The van der Waals surface area contributed by atoms with Gasteiger partial charge in [0.25, 0.3) is 0 Å². The van der Waals surface area contributed by atoms with Gasteiger partial charge >= 0.3 is 5.63 Å². The molecule has 0 aliphatic carbocycles. The van der Waals surface area contributed by atoms with Gasteiger partial charge in [-0.2, -0.15) is 5.26 Å². The Hall–Kier alpha value is -3.73. The van der Waals surface area contributed by atoms with Crippen molar-refractivity contribution >= 4 is 11.6 Å². The minimum absolute atomic E-state index is 0.0350. The van der Waals surface area contributed by atoms with Crippen LogP contribution in [-0.4, -0.2) is 18.6 Å². The summed E-state index contributed by atoms with van der Waals surface area (Å²) >= 11 is 0. The monoisotopic (exact) mass is 433 g/mol. The Balaban J connectivity index is 2.02. The zero-order valence-electron chi connectivity index (χ0n) is 18.5. The lowest BCUT2D eigenvalue weighted by Crippen LogP contribution is -2.55. The van der Waals surface area contributed by atoms with Crippen molar-refractivity contribution in [1.29, 1.82) is 5.26 Å². The number of fused-ring (bicyclic) bond motifs is 3. The molecule has 32 heavy (non-hydrogen) atoms. The molecule has 1 spiro atoms. The maximum Gasteiger partial charge on any atom is 0.344 e. The van der Waals surface area contributed by atoms with Gasteiger partial charge in [-0.3, -0.25) is 4.79 Å². The molecule has 1 aromatic carbocycles. The number of hydrogen-bond donors (Lipinski definition) is 1. The Labute approximate surface area is 184 Å². The average Bonchev–Trinajstić information content (AvgIpc) is 2.95. The summed E-state index contributed by atoms with van der Waals surface area (Å²) < 4.78 is 16.6. The summed E-state index contributed by atoms with van der Waals surface area (Å²) in [6.07, 6.45) is 0.696. The van der Waals surface area contributed by atoms with Crippen molar-refractivity contribution in [3.8, 4) is 17.6 Å². The summed E-state index contributed by atoms with van der Waals surface area (Å²) in [4.78, 5) is 29.3. The van der Waals surface area contributed by atoms with Gasteiger partial charge in [-0.25, -0.2) is 4.79 Å². The average molecular weight is 433 g/mol.